The van der Waals surface area contributed by atoms with Crippen molar-refractivity contribution in [2.75, 3.05) is 32.5 Å². The molecule has 0 aliphatic carbocycles. The lowest BCUT2D eigenvalue weighted by molar-refractivity contribution is -0.114. The Hall–Kier alpha value is -1.29. The van der Waals surface area contributed by atoms with Crippen molar-refractivity contribution < 1.29 is 4.79 Å². The molecule has 82 valence electrons. The summed E-state index contributed by atoms with van der Waals surface area (Å²) in [4.78, 5) is 13.6. The fraction of sp³-hybridized carbons (Fsp3) is 0.545. The second-order valence-corrected chi connectivity index (χ2v) is 4.22. The first-order chi connectivity index (χ1) is 7.22. The van der Waals surface area contributed by atoms with Crippen molar-refractivity contribution >= 4 is 12.1 Å². The average molecular weight is 207 g/mol. The van der Waals surface area contributed by atoms with Gasteiger partial charge < -0.3 is 19.6 Å². The van der Waals surface area contributed by atoms with Gasteiger partial charge in [0.1, 0.15) is 17.6 Å². The normalized spacial score (nSPS) is 26.8. The Bertz CT molecular complexity index is 360. The quantitative estimate of drug-likeness (QED) is 0.743. The van der Waals surface area contributed by atoms with Crippen molar-refractivity contribution in [3.05, 3.63) is 18.3 Å². The number of carbonyl (C=O) groups is 1. The van der Waals surface area contributed by atoms with Crippen molar-refractivity contribution in [1.82, 2.24) is 9.47 Å². The molecule has 0 radical (unpaired) electrons. The second kappa shape index (κ2) is 3.70. The third-order valence-corrected chi connectivity index (χ3v) is 3.17. The predicted octanol–water partition coefficient (Wildman–Crippen LogP) is 0.759. The first-order valence-electron chi connectivity index (χ1n) is 5.22. The zero-order chi connectivity index (χ0) is 10.9. The largest absolute Gasteiger partial charge is 0.375 e. The molecule has 1 saturated heterocycles. The third kappa shape index (κ3) is 1.55. The van der Waals surface area contributed by atoms with Gasteiger partial charge in [0, 0.05) is 26.3 Å². The molecule has 0 bridgehead atoms. The van der Waals surface area contributed by atoms with Gasteiger partial charge in [0.25, 0.3) is 0 Å². The van der Waals surface area contributed by atoms with Crippen molar-refractivity contribution in [3.8, 4) is 0 Å². The van der Waals surface area contributed by atoms with Crippen LogP contribution in [0.4, 0.5) is 5.82 Å². The predicted molar refractivity (Wildman–Crippen MR) is 60.1 cm³/mol. The maximum atomic E-state index is 11.4. The van der Waals surface area contributed by atoms with E-state index in [1.807, 2.05) is 37.0 Å². The van der Waals surface area contributed by atoms with Crippen molar-refractivity contribution in [3.63, 3.8) is 0 Å². The van der Waals surface area contributed by atoms with Gasteiger partial charge in [0.05, 0.1) is 0 Å². The topological polar surface area (TPSA) is 37.3 Å². The molecule has 1 unspecified atom stereocenters. The van der Waals surface area contributed by atoms with Gasteiger partial charge in [-0.15, -0.1) is 0 Å². The summed E-state index contributed by atoms with van der Waals surface area (Å²) in [6.45, 7) is 1.76. The molecule has 1 aromatic heterocycles. The van der Waals surface area contributed by atoms with Crippen LogP contribution in [0.15, 0.2) is 18.3 Å². The molecule has 0 aromatic carbocycles. The minimum atomic E-state index is -0.378. The number of nitrogens with zero attached hydrogens (tertiary/aromatic N) is 2. The zero-order valence-corrected chi connectivity index (χ0v) is 9.23. The van der Waals surface area contributed by atoms with Crippen LogP contribution >= 0.6 is 0 Å². The van der Waals surface area contributed by atoms with E-state index in [2.05, 4.69) is 10.2 Å². The first-order valence-corrected chi connectivity index (χ1v) is 5.22. The number of anilines is 1. The highest BCUT2D eigenvalue weighted by Crippen LogP contribution is 2.29. The molecule has 4 nitrogen and oxygen atoms in total. The van der Waals surface area contributed by atoms with E-state index in [0.717, 1.165) is 31.6 Å². The van der Waals surface area contributed by atoms with Gasteiger partial charge in [-0.2, -0.15) is 0 Å². The minimum Gasteiger partial charge on any atom is -0.375 e. The number of hydrogen-bond acceptors (Lipinski definition) is 3. The number of likely N-dealkylation sites (N-methyl/N-ethyl adjacent to an activating group) is 1. The third-order valence-electron chi connectivity index (χ3n) is 3.17. The Kier molecular flexibility index (Phi) is 2.52. The van der Waals surface area contributed by atoms with E-state index in [0.29, 0.717) is 0 Å². The Labute approximate surface area is 89.9 Å². The molecule has 0 saturated carbocycles. The van der Waals surface area contributed by atoms with E-state index in [4.69, 9.17) is 0 Å². The summed E-state index contributed by atoms with van der Waals surface area (Å²) in [5.41, 5.74) is -0.378. The Balaban J connectivity index is 2.38. The lowest BCUT2D eigenvalue weighted by Gasteiger charge is -2.26. The van der Waals surface area contributed by atoms with Crippen molar-refractivity contribution in [1.29, 1.82) is 0 Å². The molecule has 1 aliphatic heterocycles. The van der Waals surface area contributed by atoms with Crippen LogP contribution in [0.2, 0.25) is 0 Å². The second-order valence-electron chi connectivity index (χ2n) is 4.22. The van der Waals surface area contributed by atoms with Crippen LogP contribution in [0.25, 0.3) is 0 Å². The molecule has 4 heteroatoms. The molecule has 0 amide bonds. The Morgan fingerprint density at radius 2 is 2.40 bits per heavy atom. The Morgan fingerprint density at radius 1 is 1.60 bits per heavy atom. The lowest BCUT2D eigenvalue weighted by atomic mass is 10.0. The fourth-order valence-electron chi connectivity index (χ4n) is 2.33. The highest BCUT2D eigenvalue weighted by Gasteiger charge is 2.38. The van der Waals surface area contributed by atoms with E-state index >= 15 is 0 Å². The SMILES string of the molecule is CNc1cccn1C1(C=O)CCN(C)C1. The van der Waals surface area contributed by atoms with Crippen LogP contribution in [0.1, 0.15) is 6.42 Å². The zero-order valence-electron chi connectivity index (χ0n) is 9.23. The molecule has 2 rings (SSSR count). The summed E-state index contributed by atoms with van der Waals surface area (Å²) in [6, 6.07) is 3.96. The van der Waals surface area contributed by atoms with Gasteiger partial charge in [-0.3, -0.25) is 0 Å². The number of aromatic nitrogens is 1. The molecule has 0 spiro atoms. The smallest absolute Gasteiger partial charge is 0.147 e. The van der Waals surface area contributed by atoms with Gasteiger partial charge in [-0.05, 0) is 25.6 Å². The standard InChI is InChI=1S/C11H17N3O/c1-12-10-4-3-6-14(10)11(9-15)5-7-13(2)8-11/h3-4,6,9,12H,5,7-8H2,1-2H3. The van der Waals surface area contributed by atoms with Crippen molar-refractivity contribution in [2.24, 2.45) is 0 Å². The summed E-state index contributed by atoms with van der Waals surface area (Å²) in [6.07, 6.45) is 3.94. The average Bonchev–Trinajstić information content (AvgIpc) is 2.84. The Morgan fingerprint density at radius 3 is 2.93 bits per heavy atom. The van der Waals surface area contributed by atoms with E-state index < -0.39 is 0 Å². The summed E-state index contributed by atoms with van der Waals surface area (Å²) in [7, 11) is 3.93. The highest BCUT2D eigenvalue weighted by atomic mass is 16.1. The monoisotopic (exact) mass is 207 g/mol. The summed E-state index contributed by atoms with van der Waals surface area (Å²) >= 11 is 0. The van der Waals surface area contributed by atoms with Crippen LogP contribution in [-0.2, 0) is 10.3 Å². The molecular formula is C11H17N3O. The van der Waals surface area contributed by atoms with Crippen molar-refractivity contribution in [2.45, 2.75) is 12.0 Å². The van der Waals surface area contributed by atoms with Gasteiger partial charge in [-0.25, -0.2) is 0 Å². The van der Waals surface area contributed by atoms with Gasteiger partial charge in [0.15, 0.2) is 0 Å². The first kappa shape index (κ1) is 10.2. The van der Waals surface area contributed by atoms with Crippen LogP contribution in [-0.4, -0.2) is 42.9 Å². The molecule has 1 atom stereocenters. The summed E-state index contributed by atoms with van der Waals surface area (Å²) in [5.74, 6) is 0.998. The molecule has 2 heterocycles. The van der Waals surface area contributed by atoms with E-state index in [1.54, 1.807) is 0 Å². The number of hydrogen-bond donors (Lipinski definition) is 1. The highest BCUT2D eigenvalue weighted by molar-refractivity contribution is 5.65. The molecule has 1 aliphatic rings. The maximum absolute atomic E-state index is 11.4. The van der Waals surface area contributed by atoms with E-state index in [1.165, 1.54) is 0 Å². The van der Waals surface area contributed by atoms with Gasteiger partial charge in [-0.1, -0.05) is 0 Å². The summed E-state index contributed by atoms with van der Waals surface area (Å²) < 4.78 is 2.05. The number of aldehydes is 1. The molecule has 1 N–H and O–H groups in total. The maximum Gasteiger partial charge on any atom is 0.147 e. The van der Waals surface area contributed by atoms with Crippen LogP contribution in [0.3, 0.4) is 0 Å². The van der Waals surface area contributed by atoms with Gasteiger partial charge in [0.2, 0.25) is 0 Å². The van der Waals surface area contributed by atoms with Crippen LogP contribution in [0.5, 0.6) is 0 Å². The molecule has 1 aromatic rings. The minimum absolute atomic E-state index is 0.378. The van der Waals surface area contributed by atoms with Gasteiger partial charge >= 0.3 is 0 Å². The number of nitrogens with one attached hydrogen (secondary N) is 1. The van der Waals surface area contributed by atoms with E-state index in [9.17, 15) is 4.79 Å². The number of likely N-dealkylation sites (tertiary alicyclic amines) is 1. The van der Waals surface area contributed by atoms with Crippen LogP contribution in [0, 0.1) is 0 Å². The molecular weight excluding hydrogens is 190 g/mol. The lowest BCUT2D eigenvalue weighted by Crippen LogP contribution is -2.38. The molecule has 1 fully saturated rings. The van der Waals surface area contributed by atoms with Crippen LogP contribution < -0.4 is 5.32 Å². The van der Waals surface area contributed by atoms with E-state index in [-0.39, 0.29) is 5.54 Å². The number of rotatable bonds is 3. The number of carbonyl (C=O) groups excluding carboxylic acids is 1. The summed E-state index contributed by atoms with van der Waals surface area (Å²) in [5, 5.41) is 3.11. The fourth-order valence-corrected chi connectivity index (χ4v) is 2.33. The molecule has 15 heavy (non-hydrogen) atoms.